The highest BCUT2D eigenvalue weighted by atomic mass is 16.5. The first-order chi connectivity index (χ1) is 26.5. The molecule has 4 fully saturated rings. The molecule has 318 valence electrons. The van der Waals surface area contributed by atoms with Gasteiger partial charge < -0.3 is 19.8 Å². The number of carbonyl (C=O) groups is 3. The van der Waals surface area contributed by atoms with E-state index < -0.39 is 28.9 Å². The van der Waals surface area contributed by atoms with Gasteiger partial charge in [-0.3, -0.25) is 19.3 Å². The summed E-state index contributed by atoms with van der Waals surface area (Å²) >= 11 is 0. The van der Waals surface area contributed by atoms with E-state index in [4.69, 9.17) is 4.74 Å². The zero-order chi connectivity index (χ0) is 41.9. The number of benzene rings is 1. The summed E-state index contributed by atoms with van der Waals surface area (Å²) in [4.78, 5) is 43.9. The topological polar surface area (TPSA) is 107 Å². The monoisotopic (exact) mass is 789 g/mol. The van der Waals surface area contributed by atoms with Crippen molar-refractivity contribution in [3.05, 3.63) is 47.0 Å². The van der Waals surface area contributed by atoms with Crippen LogP contribution in [-0.2, 0) is 25.5 Å². The molecule has 8 heteroatoms. The van der Waals surface area contributed by atoms with Crippen LogP contribution in [0.2, 0.25) is 0 Å². The molecule has 0 aliphatic heterocycles. The van der Waals surface area contributed by atoms with Crippen LogP contribution in [0.1, 0.15) is 132 Å². The first kappa shape index (κ1) is 44.0. The van der Waals surface area contributed by atoms with Gasteiger partial charge in [-0.25, -0.2) is 0 Å². The summed E-state index contributed by atoms with van der Waals surface area (Å²) < 4.78 is 6.20. The fraction of sp³-hybridized carbons (Fsp3) is 0.776. The fourth-order valence-electron chi connectivity index (χ4n) is 13.9. The zero-order valence-electron chi connectivity index (χ0n) is 37.4. The second-order valence-corrected chi connectivity index (χ2v) is 21.9. The molecule has 1 aromatic rings. The average molecular weight is 789 g/mol. The third-order valence-electron chi connectivity index (χ3n) is 17.4. The number of esters is 1. The first-order valence-electron chi connectivity index (χ1n) is 22.3. The standard InChI is InChI=1S/C49H76N2O6/c1-32(2)41-35(52)29-49(38(53)31-51(28-27-50(10)11)26-21-33-15-13-12-14-16-33)25-24-47(8)34(42(41)49)17-18-37-46(7)22-20-39(57-40(54)30-44(3,4)43(55)56)45(5,6)36(46)19-23-48(37,47)9/h12-16,32,34,36-39,53H,17-31H2,1-11H3,(H,55,56)/t34-,36+,37-,38+,39+,46+,47-,48-,49?/m1/s1. The number of hydrogen-bond donors (Lipinski definition) is 2. The number of Topliss-reactive ketones (excluding diaryl/α,β-unsaturated/α-hetero) is 1. The number of hydrogen-bond acceptors (Lipinski definition) is 7. The maximum absolute atomic E-state index is 14.3. The number of fused-ring (bicyclic) bond motifs is 7. The summed E-state index contributed by atoms with van der Waals surface area (Å²) in [6, 6.07) is 10.6. The van der Waals surface area contributed by atoms with E-state index in [1.54, 1.807) is 13.8 Å². The van der Waals surface area contributed by atoms with Gasteiger partial charge in [0.15, 0.2) is 5.78 Å². The van der Waals surface area contributed by atoms with Gasteiger partial charge in [0.1, 0.15) is 6.10 Å². The van der Waals surface area contributed by atoms with E-state index >= 15 is 0 Å². The van der Waals surface area contributed by atoms with E-state index in [1.165, 1.54) is 11.1 Å². The van der Waals surface area contributed by atoms with Gasteiger partial charge >= 0.3 is 11.9 Å². The smallest absolute Gasteiger partial charge is 0.309 e. The van der Waals surface area contributed by atoms with Gasteiger partial charge in [-0.2, -0.15) is 0 Å². The number of carbonyl (C=O) groups excluding carboxylic acids is 2. The van der Waals surface area contributed by atoms with Crippen LogP contribution in [0.3, 0.4) is 0 Å². The van der Waals surface area contributed by atoms with Crippen molar-refractivity contribution in [3.8, 4) is 0 Å². The number of likely N-dealkylation sites (N-methyl/N-ethyl adjacent to an activating group) is 1. The molecule has 2 N–H and O–H groups in total. The van der Waals surface area contributed by atoms with Crippen molar-refractivity contribution < 1.29 is 29.3 Å². The van der Waals surface area contributed by atoms with Crippen molar-refractivity contribution >= 4 is 17.7 Å². The van der Waals surface area contributed by atoms with Crippen molar-refractivity contribution in [3.63, 3.8) is 0 Å². The number of nitrogens with zero attached hydrogens (tertiary/aromatic N) is 2. The highest BCUT2D eigenvalue weighted by molar-refractivity contribution is 6.00. The Hall–Kier alpha value is -2.55. The van der Waals surface area contributed by atoms with Gasteiger partial charge in [0, 0.05) is 43.4 Å². The molecule has 8 nitrogen and oxygen atoms in total. The van der Waals surface area contributed by atoms with Crippen molar-refractivity contribution in [1.29, 1.82) is 0 Å². The number of ketones is 1. The van der Waals surface area contributed by atoms with Crippen LogP contribution in [0, 0.1) is 56.2 Å². The lowest BCUT2D eigenvalue weighted by Gasteiger charge is -2.72. The van der Waals surface area contributed by atoms with Crippen LogP contribution in [0.25, 0.3) is 0 Å². The second kappa shape index (κ2) is 15.8. The van der Waals surface area contributed by atoms with E-state index in [2.05, 4.69) is 103 Å². The summed E-state index contributed by atoms with van der Waals surface area (Å²) in [5.41, 5.74) is 1.82. The highest BCUT2D eigenvalue weighted by Crippen LogP contribution is 2.77. The molecule has 9 atom stereocenters. The zero-order valence-corrected chi connectivity index (χ0v) is 37.4. The van der Waals surface area contributed by atoms with Gasteiger partial charge in [0.25, 0.3) is 0 Å². The van der Waals surface area contributed by atoms with E-state index in [0.717, 1.165) is 83.0 Å². The van der Waals surface area contributed by atoms with Crippen LogP contribution in [0.4, 0.5) is 0 Å². The maximum Gasteiger partial charge on any atom is 0.309 e. The normalized spacial score (nSPS) is 35.5. The fourth-order valence-corrected chi connectivity index (χ4v) is 13.9. The van der Waals surface area contributed by atoms with Gasteiger partial charge in [-0.1, -0.05) is 84.4 Å². The first-order valence-corrected chi connectivity index (χ1v) is 22.3. The Kier molecular flexibility index (Phi) is 12.2. The molecule has 0 radical (unpaired) electrons. The maximum atomic E-state index is 14.3. The van der Waals surface area contributed by atoms with Gasteiger partial charge in [0.2, 0.25) is 0 Å². The molecule has 5 aliphatic rings. The number of aliphatic carboxylic acids is 1. The molecular weight excluding hydrogens is 713 g/mol. The van der Waals surface area contributed by atoms with Crippen molar-refractivity contribution in [2.24, 2.45) is 56.2 Å². The second-order valence-electron chi connectivity index (χ2n) is 21.9. The number of aliphatic hydroxyl groups excluding tert-OH is 1. The van der Waals surface area contributed by atoms with Crippen molar-refractivity contribution in [1.82, 2.24) is 9.80 Å². The third-order valence-corrected chi connectivity index (χ3v) is 17.4. The van der Waals surface area contributed by atoms with E-state index in [1.807, 2.05) is 0 Å². The summed E-state index contributed by atoms with van der Waals surface area (Å²) in [5, 5.41) is 22.3. The SMILES string of the molecule is CC(C)C1=C2[C@H]3CC[C@@H]4[C@@]5(C)CC[C@H](OC(=O)CC(C)(C)C(=O)O)C(C)(C)[C@@H]5CC[C@@]4(C)[C@]3(C)CCC2([C@@H](O)CN(CCc2ccccc2)CCN(C)C)CC1=O. The molecule has 0 saturated heterocycles. The minimum atomic E-state index is -1.17. The third kappa shape index (κ3) is 7.60. The molecule has 0 spiro atoms. The molecule has 0 amide bonds. The van der Waals surface area contributed by atoms with Crippen LogP contribution in [0.5, 0.6) is 0 Å². The highest BCUT2D eigenvalue weighted by Gasteiger charge is 2.71. The Morgan fingerprint density at radius 1 is 0.877 bits per heavy atom. The molecule has 6 rings (SSSR count). The predicted octanol–water partition coefficient (Wildman–Crippen LogP) is 8.85. The summed E-state index contributed by atoms with van der Waals surface area (Å²) in [7, 11) is 4.21. The molecule has 0 aromatic heterocycles. The Labute approximate surface area is 344 Å². The lowest BCUT2D eigenvalue weighted by atomic mass is 9.33. The Balaban J connectivity index is 1.27. The molecule has 0 bridgehead atoms. The van der Waals surface area contributed by atoms with Gasteiger partial charge in [-0.05, 0) is 137 Å². The quantitative estimate of drug-likeness (QED) is 0.180. The van der Waals surface area contributed by atoms with E-state index in [0.29, 0.717) is 24.8 Å². The van der Waals surface area contributed by atoms with Crippen LogP contribution < -0.4 is 0 Å². The van der Waals surface area contributed by atoms with Gasteiger partial charge in [-0.15, -0.1) is 0 Å². The molecule has 4 saturated carbocycles. The van der Waals surface area contributed by atoms with Crippen LogP contribution in [0.15, 0.2) is 41.5 Å². The predicted molar refractivity (Wildman–Crippen MR) is 226 cm³/mol. The largest absolute Gasteiger partial charge is 0.481 e. The number of allylic oxidation sites excluding steroid dienone is 1. The summed E-state index contributed by atoms with van der Waals surface area (Å²) in [5.74, 6) is 0.0937. The van der Waals surface area contributed by atoms with Crippen LogP contribution in [-0.4, -0.2) is 90.2 Å². The number of carboxylic acid groups (broad SMARTS) is 1. The number of rotatable bonds is 14. The van der Waals surface area contributed by atoms with Crippen LogP contribution >= 0.6 is 0 Å². The molecule has 57 heavy (non-hydrogen) atoms. The number of ether oxygens (including phenoxy) is 1. The molecule has 1 aromatic carbocycles. The molecular formula is C49H76N2O6. The number of aliphatic hydroxyl groups is 1. The van der Waals surface area contributed by atoms with Crippen molar-refractivity contribution in [2.75, 3.05) is 40.3 Å². The van der Waals surface area contributed by atoms with E-state index in [9.17, 15) is 24.6 Å². The Bertz CT molecular complexity index is 1700. The summed E-state index contributed by atoms with van der Waals surface area (Å²) in [6.45, 7) is 23.0. The molecule has 0 heterocycles. The minimum absolute atomic E-state index is 0.0129. The summed E-state index contributed by atoms with van der Waals surface area (Å²) in [6.07, 6.45) is 8.26. The minimum Gasteiger partial charge on any atom is -0.481 e. The van der Waals surface area contributed by atoms with Crippen molar-refractivity contribution in [2.45, 2.75) is 145 Å². The van der Waals surface area contributed by atoms with E-state index in [-0.39, 0.29) is 51.8 Å². The van der Waals surface area contributed by atoms with Gasteiger partial charge in [0.05, 0.1) is 17.9 Å². The number of carboxylic acids is 1. The molecule has 5 aliphatic carbocycles. The molecule has 1 unspecified atom stereocenters. The Morgan fingerprint density at radius 2 is 1.56 bits per heavy atom. The Morgan fingerprint density at radius 3 is 2.19 bits per heavy atom. The lowest BCUT2D eigenvalue weighted by molar-refractivity contribution is -0.235. The lowest BCUT2D eigenvalue weighted by Crippen LogP contribution is -2.66. The average Bonchev–Trinajstić information content (AvgIpc) is 3.44.